The zero-order chi connectivity index (χ0) is 22.1. The van der Waals surface area contributed by atoms with Crippen LogP contribution in [-0.4, -0.2) is 25.6 Å². The number of halogens is 1. The van der Waals surface area contributed by atoms with E-state index in [1.807, 2.05) is 48.5 Å². The minimum absolute atomic E-state index is 0.262. The molecule has 0 aromatic heterocycles. The van der Waals surface area contributed by atoms with Crippen LogP contribution in [0.1, 0.15) is 21.5 Å². The second-order valence-electron chi connectivity index (χ2n) is 6.62. The maximum Gasteiger partial charge on any atom is 0.342 e. The van der Waals surface area contributed by atoms with E-state index in [1.165, 1.54) is 0 Å². The highest BCUT2D eigenvalue weighted by molar-refractivity contribution is 9.10. The van der Waals surface area contributed by atoms with Crippen molar-refractivity contribution in [2.24, 2.45) is 0 Å². The van der Waals surface area contributed by atoms with Crippen LogP contribution in [0.5, 0.6) is 11.5 Å². The third-order valence-electron chi connectivity index (χ3n) is 4.35. The summed E-state index contributed by atoms with van der Waals surface area (Å²) in [6.07, 6.45) is 0. The van der Waals surface area contributed by atoms with Crippen molar-refractivity contribution in [3.63, 3.8) is 0 Å². The Labute approximate surface area is 189 Å². The standard InChI is InChI=1S/C24H22BrNO5/c1-29-20-9-5-6-17(13-20)14-26-23(27)16-31-24(28)21-10-2-3-11-22(21)30-15-18-7-4-8-19(25)12-18/h2-13H,14-16H2,1H3,(H,26,27). The Morgan fingerprint density at radius 2 is 1.71 bits per heavy atom. The number of ether oxygens (including phenoxy) is 3. The lowest BCUT2D eigenvalue weighted by molar-refractivity contribution is -0.124. The van der Waals surface area contributed by atoms with Crippen LogP contribution in [0, 0.1) is 0 Å². The first-order chi connectivity index (χ1) is 15.0. The predicted molar refractivity (Wildman–Crippen MR) is 120 cm³/mol. The maximum absolute atomic E-state index is 12.5. The minimum atomic E-state index is -0.624. The highest BCUT2D eigenvalue weighted by atomic mass is 79.9. The molecule has 0 fully saturated rings. The Balaban J connectivity index is 1.52. The van der Waals surface area contributed by atoms with Crippen molar-refractivity contribution in [1.82, 2.24) is 5.32 Å². The first kappa shape index (κ1) is 22.4. The summed E-state index contributed by atoms with van der Waals surface area (Å²) in [7, 11) is 1.58. The van der Waals surface area contributed by atoms with Crippen molar-refractivity contribution in [3.05, 3.63) is 94.0 Å². The van der Waals surface area contributed by atoms with Crippen LogP contribution in [0.2, 0.25) is 0 Å². The summed E-state index contributed by atoms with van der Waals surface area (Å²) in [5.74, 6) is 0.0759. The number of esters is 1. The van der Waals surface area contributed by atoms with Crippen LogP contribution in [-0.2, 0) is 22.7 Å². The lowest BCUT2D eigenvalue weighted by Crippen LogP contribution is -2.28. The van der Waals surface area contributed by atoms with Gasteiger partial charge in [-0.2, -0.15) is 0 Å². The molecule has 7 heteroatoms. The molecule has 0 heterocycles. The van der Waals surface area contributed by atoms with Crippen LogP contribution >= 0.6 is 15.9 Å². The van der Waals surface area contributed by atoms with Crippen LogP contribution in [0.25, 0.3) is 0 Å². The Kier molecular flexibility index (Phi) is 8.06. The number of amides is 1. The van der Waals surface area contributed by atoms with E-state index < -0.39 is 11.9 Å². The summed E-state index contributed by atoms with van der Waals surface area (Å²) >= 11 is 3.42. The molecule has 0 bridgehead atoms. The van der Waals surface area contributed by atoms with Crippen molar-refractivity contribution in [2.75, 3.05) is 13.7 Å². The number of methoxy groups -OCH3 is 1. The van der Waals surface area contributed by atoms with Gasteiger partial charge < -0.3 is 19.5 Å². The summed E-state index contributed by atoms with van der Waals surface area (Å²) in [4.78, 5) is 24.6. The molecule has 1 N–H and O–H groups in total. The van der Waals surface area contributed by atoms with Gasteiger partial charge in [0.15, 0.2) is 6.61 Å². The molecule has 0 unspecified atom stereocenters. The molecule has 0 aliphatic rings. The average molecular weight is 484 g/mol. The van der Waals surface area contributed by atoms with Gasteiger partial charge in [-0.15, -0.1) is 0 Å². The van der Waals surface area contributed by atoms with Gasteiger partial charge in [0.25, 0.3) is 5.91 Å². The molecule has 31 heavy (non-hydrogen) atoms. The fraction of sp³-hybridized carbons (Fsp3) is 0.167. The number of rotatable bonds is 9. The van der Waals surface area contributed by atoms with Gasteiger partial charge in [-0.05, 0) is 47.5 Å². The monoisotopic (exact) mass is 483 g/mol. The predicted octanol–water partition coefficient (Wildman–Crippen LogP) is 4.51. The summed E-state index contributed by atoms with van der Waals surface area (Å²) < 4.78 is 17.1. The molecule has 3 rings (SSSR count). The highest BCUT2D eigenvalue weighted by Crippen LogP contribution is 2.21. The van der Waals surface area contributed by atoms with E-state index in [4.69, 9.17) is 14.2 Å². The number of para-hydroxylation sites is 1. The second kappa shape index (κ2) is 11.2. The number of carbonyl (C=O) groups is 2. The van der Waals surface area contributed by atoms with Gasteiger partial charge in [0.2, 0.25) is 0 Å². The molecule has 0 aliphatic carbocycles. The van der Waals surface area contributed by atoms with Crippen LogP contribution in [0.3, 0.4) is 0 Å². The van der Waals surface area contributed by atoms with Crippen molar-refractivity contribution in [2.45, 2.75) is 13.2 Å². The molecule has 0 aliphatic heterocycles. The number of hydrogen-bond acceptors (Lipinski definition) is 5. The van der Waals surface area contributed by atoms with E-state index >= 15 is 0 Å². The summed E-state index contributed by atoms with van der Waals surface area (Å²) in [5.41, 5.74) is 2.10. The normalized spacial score (nSPS) is 10.3. The summed E-state index contributed by atoms with van der Waals surface area (Å²) in [5, 5.41) is 2.72. The van der Waals surface area contributed by atoms with Gasteiger partial charge in [-0.25, -0.2) is 4.79 Å². The molecular weight excluding hydrogens is 462 g/mol. The molecule has 6 nitrogen and oxygen atoms in total. The van der Waals surface area contributed by atoms with Gasteiger partial charge in [0.05, 0.1) is 7.11 Å². The van der Waals surface area contributed by atoms with Gasteiger partial charge >= 0.3 is 5.97 Å². The number of nitrogens with one attached hydrogen (secondary N) is 1. The summed E-state index contributed by atoms with van der Waals surface area (Å²) in [6.45, 7) is 0.216. The van der Waals surface area contributed by atoms with Crippen molar-refractivity contribution in [1.29, 1.82) is 0 Å². The SMILES string of the molecule is COc1cccc(CNC(=O)COC(=O)c2ccccc2OCc2cccc(Br)c2)c1. The molecule has 0 spiro atoms. The van der Waals surface area contributed by atoms with E-state index in [1.54, 1.807) is 31.4 Å². The molecule has 0 saturated carbocycles. The molecule has 3 aromatic rings. The Morgan fingerprint density at radius 3 is 2.52 bits per heavy atom. The lowest BCUT2D eigenvalue weighted by Gasteiger charge is -2.12. The third-order valence-corrected chi connectivity index (χ3v) is 4.84. The fourth-order valence-electron chi connectivity index (χ4n) is 2.79. The van der Waals surface area contributed by atoms with Gasteiger partial charge in [-0.3, -0.25) is 4.79 Å². The number of carbonyl (C=O) groups excluding carboxylic acids is 2. The molecule has 0 radical (unpaired) electrons. The smallest absolute Gasteiger partial charge is 0.342 e. The lowest BCUT2D eigenvalue weighted by atomic mass is 10.2. The van der Waals surface area contributed by atoms with Gasteiger partial charge in [-0.1, -0.05) is 52.3 Å². The highest BCUT2D eigenvalue weighted by Gasteiger charge is 2.15. The van der Waals surface area contributed by atoms with Crippen molar-refractivity contribution < 1.29 is 23.8 Å². The Morgan fingerprint density at radius 1 is 0.935 bits per heavy atom. The van der Waals surface area contributed by atoms with Crippen LogP contribution < -0.4 is 14.8 Å². The van der Waals surface area contributed by atoms with Crippen LogP contribution in [0.15, 0.2) is 77.3 Å². The molecule has 160 valence electrons. The van der Waals surface area contributed by atoms with E-state index in [0.717, 1.165) is 15.6 Å². The average Bonchev–Trinajstić information content (AvgIpc) is 2.80. The maximum atomic E-state index is 12.5. The number of benzene rings is 3. The summed E-state index contributed by atoms with van der Waals surface area (Å²) in [6, 6.07) is 21.8. The Hall–Kier alpha value is -3.32. The largest absolute Gasteiger partial charge is 0.497 e. The fourth-order valence-corrected chi connectivity index (χ4v) is 3.24. The third kappa shape index (κ3) is 6.86. The first-order valence-electron chi connectivity index (χ1n) is 9.58. The van der Waals surface area contributed by atoms with E-state index in [-0.39, 0.29) is 12.2 Å². The zero-order valence-corrected chi connectivity index (χ0v) is 18.6. The molecular formula is C24H22BrNO5. The van der Waals surface area contributed by atoms with Crippen LogP contribution in [0.4, 0.5) is 0 Å². The molecule has 0 atom stereocenters. The topological polar surface area (TPSA) is 73.9 Å². The molecule has 0 saturated heterocycles. The Bertz CT molecular complexity index is 1050. The number of hydrogen-bond donors (Lipinski definition) is 1. The quantitative estimate of drug-likeness (QED) is 0.453. The van der Waals surface area contributed by atoms with Crippen molar-refractivity contribution in [3.8, 4) is 11.5 Å². The van der Waals surface area contributed by atoms with E-state index in [0.29, 0.717) is 24.7 Å². The van der Waals surface area contributed by atoms with Gasteiger partial charge in [0, 0.05) is 11.0 Å². The molecule has 1 amide bonds. The van der Waals surface area contributed by atoms with Gasteiger partial charge in [0.1, 0.15) is 23.7 Å². The second-order valence-corrected chi connectivity index (χ2v) is 7.53. The van der Waals surface area contributed by atoms with Crippen molar-refractivity contribution >= 4 is 27.8 Å². The minimum Gasteiger partial charge on any atom is -0.497 e. The van der Waals surface area contributed by atoms with E-state index in [2.05, 4.69) is 21.2 Å². The zero-order valence-electron chi connectivity index (χ0n) is 17.0. The molecule has 3 aromatic carbocycles. The first-order valence-corrected chi connectivity index (χ1v) is 10.4. The van der Waals surface area contributed by atoms with E-state index in [9.17, 15) is 9.59 Å².